The zero-order chi connectivity index (χ0) is 8.01. The summed E-state index contributed by atoms with van der Waals surface area (Å²) >= 11 is 0. The van der Waals surface area contributed by atoms with Gasteiger partial charge in [-0.2, -0.15) is 0 Å². The molecule has 0 aromatic rings. The normalized spacial score (nSPS) is 49.1. The highest BCUT2D eigenvalue weighted by Crippen LogP contribution is 2.54. The van der Waals surface area contributed by atoms with Gasteiger partial charge in [-0.15, -0.1) is 0 Å². The van der Waals surface area contributed by atoms with Gasteiger partial charge in [0.25, 0.3) is 0 Å². The van der Waals surface area contributed by atoms with Crippen molar-refractivity contribution in [3.8, 4) is 0 Å². The fourth-order valence-electron chi connectivity index (χ4n) is 3.17. The van der Waals surface area contributed by atoms with Crippen LogP contribution >= 0.6 is 0 Å². The number of hydrogen-bond donors (Lipinski definition) is 0. The topological polar surface area (TPSA) is 0 Å². The lowest BCUT2D eigenvalue weighted by atomic mass is 9.68. The molecular weight excluding hydrogens is 132 g/mol. The molecule has 4 atom stereocenters. The van der Waals surface area contributed by atoms with E-state index < -0.39 is 0 Å². The largest absolute Gasteiger partial charge is 0.0625 e. The van der Waals surface area contributed by atoms with Crippen molar-refractivity contribution in [3.63, 3.8) is 0 Å². The fourth-order valence-corrected chi connectivity index (χ4v) is 3.17. The molecule has 0 N–H and O–H groups in total. The third-order valence-corrected chi connectivity index (χ3v) is 4.13. The predicted molar refractivity (Wildman–Crippen MR) is 48.3 cm³/mol. The van der Waals surface area contributed by atoms with Crippen molar-refractivity contribution in [1.29, 1.82) is 0 Å². The minimum Gasteiger partial charge on any atom is -0.0625 e. The Morgan fingerprint density at radius 2 is 1.82 bits per heavy atom. The van der Waals surface area contributed by atoms with Crippen LogP contribution in [0.2, 0.25) is 0 Å². The van der Waals surface area contributed by atoms with E-state index in [4.69, 9.17) is 0 Å². The summed E-state index contributed by atoms with van der Waals surface area (Å²) in [6.45, 7) is 7.21. The van der Waals surface area contributed by atoms with Crippen molar-refractivity contribution in [2.24, 2.45) is 29.6 Å². The molecule has 0 radical (unpaired) electrons. The van der Waals surface area contributed by atoms with E-state index >= 15 is 0 Å². The summed E-state index contributed by atoms with van der Waals surface area (Å²) in [7, 11) is 0. The third kappa shape index (κ3) is 1.11. The molecule has 0 saturated heterocycles. The molecule has 0 bridgehead atoms. The Bertz CT molecular complexity index is 148. The Morgan fingerprint density at radius 3 is 2.27 bits per heavy atom. The molecule has 2 aliphatic rings. The summed E-state index contributed by atoms with van der Waals surface area (Å²) < 4.78 is 0. The van der Waals surface area contributed by atoms with Crippen LogP contribution in [0, 0.1) is 29.6 Å². The van der Waals surface area contributed by atoms with E-state index in [0.29, 0.717) is 0 Å². The van der Waals surface area contributed by atoms with Crippen molar-refractivity contribution in [1.82, 2.24) is 0 Å². The Balaban J connectivity index is 1.93. The van der Waals surface area contributed by atoms with E-state index in [-0.39, 0.29) is 0 Å². The van der Waals surface area contributed by atoms with E-state index in [0.717, 1.165) is 29.6 Å². The average Bonchev–Trinajstić information content (AvgIpc) is 2.26. The molecule has 1 unspecified atom stereocenters. The molecule has 0 aromatic carbocycles. The summed E-state index contributed by atoms with van der Waals surface area (Å²) in [5.41, 5.74) is 0. The van der Waals surface area contributed by atoms with Crippen molar-refractivity contribution < 1.29 is 0 Å². The minimum absolute atomic E-state index is 0.938. The molecule has 64 valence electrons. The van der Waals surface area contributed by atoms with Crippen LogP contribution in [0.5, 0.6) is 0 Å². The van der Waals surface area contributed by atoms with Gasteiger partial charge in [-0.3, -0.25) is 0 Å². The van der Waals surface area contributed by atoms with Crippen molar-refractivity contribution in [3.05, 3.63) is 0 Å². The van der Waals surface area contributed by atoms with E-state index in [2.05, 4.69) is 20.8 Å². The molecule has 0 spiro atoms. The maximum absolute atomic E-state index is 2.43. The van der Waals surface area contributed by atoms with Gasteiger partial charge in [-0.1, -0.05) is 20.8 Å². The number of fused-ring (bicyclic) bond motifs is 1. The first kappa shape index (κ1) is 7.64. The lowest BCUT2D eigenvalue weighted by molar-refractivity contribution is 0.120. The second-order valence-electron chi connectivity index (χ2n) is 5.11. The Kier molecular flexibility index (Phi) is 1.74. The third-order valence-electron chi connectivity index (χ3n) is 4.13. The van der Waals surface area contributed by atoms with Gasteiger partial charge in [-0.05, 0) is 48.9 Å². The Labute approximate surface area is 70.4 Å². The van der Waals surface area contributed by atoms with Crippen molar-refractivity contribution in [2.75, 3.05) is 0 Å². The van der Waals surface area contributed by atoms with Gasteiger partial charge < -0.3 is 0 Å². The molecule has 0 heterocycles. The quantitative estimate of drug-likeness (QED) is 0.540. The van der Waals surface area contributed by atoms with Gasteiger partial charge in [-0.25, -0.2) is 0 Å². The summed E-state index contributed by atoms with van der Waals surface area (Å²) in [6.07, 6.45) is 4.63. The van der Waals surface area contributed by atoms with Crippen LogP contribution in [0.25, 0.3) is 0 Å². The van der Waals surface area contributed by atoms with Gasteiger partial charge >= 0.3 is 0 Å². The van der Waals surface area contributed by atoms with Gasteiger partial charge in [0.1, 0.15) is 0 Å². The summed E-state index contributed by atoms with van der Waals surface area (Å²) in [5.74, 6) is 5.33. The number of hydrogen-bond acceptors (Lipinski definition) is 0. The second kappa shape index (κ2) is 2.50. The first-order valence-corrected chi connectivity index (χ1v) is 5.18. The fraction of sp³-hybridized carbons (Fsp3) is 1.00. The molecule has 0 heteroatoms. The number of rotatable bonds is 1. The zero-order valence-electron chi connectivity index (χ0n) is 8.01. The molecular formula is C11H20. The molecule has 2 aliphatic carbocycles. The molecule has 2 rings (SSSR count). The first-order valence-electron chi connectivity index (χ1n) is 5.18. The van der Waals surface area contributed by atoms with Gasteiger partial charge in [0.2, 0.25) is 0 Å². The monoisotopic (exact) mass is 152 g/mol. The maximum atomic E-state index is 2.43. The van der Waals surface area contributed by atoms with Crippen molar-refractivity contribution in [2.45, 2.75) is 40.0 Å². The highest BCUT2D eigenvalue weighted by molar-refractivity contribution is 4.95. The SMILES string of the molecule is CC(C)[C@H]1C[C@H]2CC(C)[C@H]2C1. The molecule has 0 aliphatic heterocycles. The van der Waals surface area contributed by atoms with E-state index in [1.807, 2.05) is 0 Å². The van der Waals surface area contributed by atoms with Gasteiger partial charge in [0, 0.05) is 0 Å². The molecule has 0 amide bonds. The highest BCUT2D eigenvalue weighted by Gasteiger charge is 2.45. The van der Waals surface area contributed by atoms with Crippen LogP contribution in [-0.4, -0.2) is 0 Å². The molecule has 2 saturated carbocycles. The van der Waals surface area contributed by atoms with Crippen LogP contribution in [0.3, 0.4) is 0 Å². The smallest absolute Gasteiger partial charge is 0.0357 e. The van der Waals surface area contributed by atoms with Gasteiger partial charge in [0.05, 0.1) is 0 Å². The van der Waals surface area contributed by atoms with Crippen LogP contribution in [0.4, 0.5) is 0 Å². The molecule has 2 fully saturated rings. The Morgan fingerprint density at radius 1 is 1.09 bits per heavy atom. The second-order valence-corrected chi connectivity index (χ2v) is 5.11. The minimum atomic E-state index is 0.938. The lowest BCUT2D eigenvalue weighted by Crippen LogP contribution is -2.29. The van der Waals surface area contributed by atoms with Crippen LogP contribution in [-0.2, 0) is 0 Å². The molecule has 11 heavy (non-hydrogen) atoms. The molecule has 0 aromatic heterocycles. The van der Waals surface area contributed by atoms with Crippen LogP contribution in [0.15, 0.2) is 0 Å². The first-order chi connectivity index (χ1) is 5.18. The standard InChI is InChI=1S/C11H20/c1-7(2)9-5-10-4-8(3)11(10)6-9/h7-11H,4-6H2,1-3H3/t8?,9-,10+,11+/m0/s1. The van der Waals surface area contributed by atoms with Crippen molar-refractivity contribution >= 4 is 0 Å². The lowest BCUT2D eigenvalue weighted by Gasteiger charge is -2.37. The van der Waals surface area contributed by atoms with Gasteiger partial charge in [0.15, 0.2) is 0 Å². The highest BCUT2D eigenvalue weighted by atomic mass is 14.5. The van der Waals surface area contributed by atoms with E-state index in [1.165, 1.54) is 6.42 Å². The van der Waals surface area contributed by atoms with Crippen LogP contribution in [0.1, 0.15) is 40.0 Å². The molecule has 0 nitrogen and oxygen atoms in total. The van der Waals surface area contributed by atoms with E-state index in [9.17, 15) is 0 Å². The van der Waals surface area contributed by atoms with E-state index in [1.54, 1.807) is 12.8 Å². The average molecular weight is 152 g/mol. The zero-order valence-corrected chi connectivity index (χ0v) is 8.01. The predicted octanol–water partition coefficient (Wildman–Crippen LogP) is 3.32. The maximum Gasteiger partial charge on any atom is -0.0357 e. The summed E-state index contributed by atoms with van der Waals surface area (Å²) in [4.78, 5) is 0. The Hall–Kier alpha value is 0. The summed E-state index contributed by atoms with van der Waals surface area (Å²) in [5, 5.41) is 0. The van der Waals surface area contributed by atoms with Crippen LogP contribution < -0.4 is 0 Å². The summed E-state index contributed by atoms with van der Waals surface area (Å²) in [6, 6.07) is 0.